The maximum Gasteiger partial charge on any atom is 0.306 e. The van der Waals surface area contributed by atoms with E-state index in [9.17, 15) is 9.18 Å². The zero-order valence-electron chi connectivity index (χ0n) is 11.3. The van der Waals surface area contributed by atoms with E-state index in [2.05, 4.69) is 0 Å². The summed E-state index contributed by atoms with van der Waals surface area (Å²) in [6.07, 6.45) is 0.645. The van der Waals surface area contributed by atoms with E-state index in [0.29, 0.717) is 6.42 Å². The summed E-state index contributed by atoms with van der Waals surface area (Å²) in [5, 5.41) is 9.03. The van der Waals surface area contributed by atoms with E-state index in [1.54, 1.807) is 12.1 Å². The lowest BCUT2D eigenvalue weighted by Gasteiger charge is -2.25. The van der Waals surface area contributed by atoms with Crippen LogP contribution in [0, 0.1) is 17.7 Å². The van der Waals surface area contributed by atoms with Gasteiger partial charge in [0.05, 0.1) is 13.0 Å². The fraction of sp³-hybridized carbons (Fsp3) is 0.500. The van der Waals surface area contributed by atoms with E-state index in [4.69, 9.17) is 9.84 Å². The first-order valence-electron chi connectivity index (χ1n) is 6.18. The summed E-state index contributed by atoms with van der Waals surface area (Å²) >= 11 is 0. The number of methoxy groups -OCH3 is 1. The minimum Gasteiger partial charge on any atom is -0.494 e. The first-order chi connectivity index (χ1) is 8.95. The van der Waals surface area contributed by atoms with Gasteiger partial charge in [-0.15, -0.1) is 0 Å². The third-order valence-electron chi connectivity index (χ3n) is 3.64. The zero-order chi connectivity index (χ0) is 14.2. The molecule has 0 aliphatic heterocycles. The monoisotopic (exact) mass is 267 g/mol. The normalized spacial score (nSPS) is 23.2. The molecule has 3 unspecified atom stereocenters. The van der Waals surface area contributed by atoms with E-state index in [1.807, 2.05) is 19.0 Å². The van der Waals surface area contributed by atoms with Crippen LogP contribution in [-0.4, -0.2) is 37.2 Å². The smallest absolute Gasteiger partial charge is 0.306 e. The summed E-state index contributed by atoms with van der Waals surface area (Å²) < 4.78 is 18.6. The molecule has 104 valence electrons. The predicted octanol–water partition coefficient (Wildman–Crippen LogP) is 2.16. The molecule has 0 aromatic heterocycles. The molecule has 1 fully saturated rings. The lowest BCUT2D eigenvalue weighted by Crippen LogP contribution is -2.23. The second kappa shape index (κ2) is 5.17. The van der Waals surface area contributed by atoms with E-state index in [1.165, 1.54) is 13.2 Å². The Balaban J connectivity index is 2.26. The lowest BCUT2D eigenvalue weighted by atomic mass is 9.99. The Morgan fingerprint density at radius 1 is 1.53 bits per heavy atom. The van der Waals surface area contributed by atoms with E-state index in [0.717, 1.165) is 5.56 Å². The Bertz CT molecular complexity index is 490. The molecule has 1 aromatic carbocycles. The van der Waals surface area contributed by atoms with Gasteiger partial charge in [0.2, 0.25) is 0 Å². The number of carbonyl (C=O) groups is 1. The van der Waals surface area contributed by atoms with Crippen LogP contribution in [-0.2, 0) is 4.79 Å². The number of benzene rings is 1. The molecule has 1 saturated carbocycles. The molecule has 1 aromatic rings. The number of hydrogen-bond donors (Lipinski definition) is 1. The number of nitrogens with zero attached hydrogens (tertiary/aromatic N) is 1. The molecule has 1 aliphatic rings. The van der Waals surface area contributed by atoms with Gasteiger partial charge in [-0.3, -0.25) is 4.79 Å². The van der Waals surface area contributed by atoms with Crippen LogP contribution in [0.25, 0.3) is 0 Å². The lowest BCUT2D eigenvalue weighted by molar-refractivity contribution is -0.139. The van der Waals surface area contributed by atoms with Crippen molar-refractivity contribution in [1.29, 1.82) is 0 Å². The highest BCUT2D eigenvalue weighted by Gasteiger charge is 2.49. The minimum absolute atomic E-state index is 0.0419. The number of hydrogen-bond acceptors (Lipinski definition) is 3. The number of halogens is 1. The quantitative estimate of drug-likeness (QED) is 0.888. The fourth-order valence-corrected chi connectivity index (χ4v) is 2.64. The van der Waals surface area contributed by atoms with Crippen LogP contribution in [0.5, 0.6) is 5.75 Å². The molecule has 3 atom stereocenters. The average Bonchev–Trinajstić information content (AvgIpc) is 3.09. The van der Waals surface area contributed by atoms with E-state index in [-0.39, 0.29) is 23.6 Å². The van der Waals surface area contributed by atoms with Gasteiger partial charge in [0, 0.05) is 6.04 Å². The summed E-state index contributed by atoms with van der Waals surface area (Å²) in [6.45, 7) is 0. The average molecular weight is 267 g/mol. The molecule has 1 aliphatic carbocycles. The maximum atomic E-state index is 13.8. The maximum absolute atomic E-state index is 13.8. The van der Waals surface area contributed by atoms with Crippen molar-refractivity contribution in [3.63, 3.8) is 0 Å². The van der Waals surface area contributed by atoms with Crippen LogP contribution >= 0.6 is 0 Å². The molecule has 2 rings (SSSR count). The Labute approximate surface area is 111 Å². The first kappa shape index (κ1) is 13.8. The summed E-state index contributed by atoms with van der Waals surface area (Å²) in [6, 6.07) is 4.73. The van der Waals surface area contributed by atoms with E-state index >= 15 is 0 Å². The van der Waals surface area contributed by atoms with Crippen molar-refractivity contribution < 1.29 is 19.0 Å². The molecule has 5 heteroatoms. The Hall–Kier alpha value is -1.62. The molecule has 0 heterocycles. The van der Waals surface area contributed by atoms with Crippen molar-refractivity contribution in [3.05, 3.63) is 29.6 Å². The van der Waals surface area contributed by atoms with Gasteiger partial charge < -0.3 is 14.7 Å². The molecule has 19 heavy (non-hydrogen) atoms. The van der Waals surface area contributed by atoms with Gasteiger partial charge in [-0.2, -0.15) is 0 Å². The van der Waals surface area contributed by atoms with Crippen molar-refractivity contribution in [2.45, 2.75) is 12.5 Å². The summed E-state index contributed by atoms with van der Waals surface area (Å²) in [5.74, 6) is -1.27. The number of rotatable bonds is 5. The Morgan fingerprint density at radius 3 is 2.63 bits per heavy atom. The van der Waals surface area contributed by atoms with Crippen LogP contribution < -0.4 is 4.74 Å². The fourth-order valence-electron chi connectivity index (χ4n) is 2.64. The second-order valence-electron chi connectivity index (χ2n) is 5.15. The molecular weight excluding hydrogens is 249 g/mol. The Kier molecular flexibility index (Phi) is 3.75. The van der Waals surface area contributed by atoms with Crippen molar-refractivity contribution in [2.75, 3.05) is 21.2 Å². The van der Waals surface area contributed by atoms with E-state index < -0.39 is 11.8 Å². The molecule has 0 amide bonds. The standard InChI is InChI=1S/C14H18FNO3/c1-16(2)13(9-7-10(9)14(17)18)8-4-5-12(19-3)11(15)6-8/h4-6,9-10,13H,7H2,1-3H3,(H,17,18). The summed E-state index contributed by atoms with van der Waals surface area (Å²) in [7, 11) is 5.18. The molecule has 0 radical (unpaired) electrons. The highest BCUT2D eigenvalue weighted by molar-refractivity contribution is 5.73. The molecule has 0 saturated heterocycles. The highest BCUT2D eigenvalue weighted by Crippen LogP contribution is 2.49. The third-order valence-corrected chi connectivity index (χ3v) is 3.64. The van der Waals surface area contributed by atoms with Gasteiger partial charge in [-0.1, -0.05) is 6.07 Å². The van der Waals surface area contributed by atoms with Gasteiger partial charge in [0.1, 0.15) is 0 Å². The van der Waals surface area contributed by atoms with Gasteiger partial charge >= 0.3 is 5.97 Å². The highest BCUT2D eigenvalue weighted by atomic mass is 19.1. The van der Waals surface area contributed by atoms with Gasteiger partial charge in [-0.25, -0.2) is 4.39 Å². The van der Waals surface area contributed by atoms with Gasteiger partial charge in [0.25, 0.3) is 0 Å². The second-order valence-corrected chi connectivity index (χ2v) is 5.15. The minimum atomic E-state index is -0.772. The van der Waals surface area contributed by atoms with Crippen LogP contribution in [0.1, 0.15) is 18.0 Å². The van der Waals surface area contributed by atoms with Crippen molar-refractivity contribution in [2.24, 2.45) is 11.8 Å². The summed E-state index contributed by atoms with van der Waals surface area (Å²) in [5.41, 5.74) is 0.789. The van der Waals surface area contributed by atoms with Crippen molar-refractivity contribution in [3.8, 4) is 5.75 Å². The molecule has 4 nitrogen and oxygen atoms in total. The Morgan fingerprint density at radius 2 is 2.21 bits per heavy atom. The van der Waals surface area contributed by atoms with Crippen molar-refractivity contribution in [1.82, 2.24) is 4.90 Å². The van der Waals surface area contributed by atoms with Crippen LogP contribution in [0.15, 0.2) is 18.2 Å². The topological polar surface area (TPSA) is 49.8 Å². The predicted molar refractivity (Wildman–Crippen MR) is 68.6 cm³/mol. The van der Waals surface area contributed by atoms with Crippen molar-refractivity contribution >= 4 is 5.97 Å². The van der Waals surface area contributed by atoms with Gasteiger partial charge in [0.15, 0.2) is 11.6 Å². The number of aliphatic carboxylic acids is 1. The number of carboxylic acid groups (broad SMARTS) is 1. The summed E-state index contributed by atoms with van der Waals surface area (Å²) in [4.78, 5) is 12.9. The van der Waals surface area contributed by atoms with Crippen LogP contribution in [0.2, 0.25) is 0 Å². The molecule has 1 N–H and O–H groups in total. The van der Waals surface area contributed by atoms with Crippen LogP contribution in [0.4, 0.5) is 4.39 Å². The molecule has 0 bridgehead atoms. The number of carboxylic acids is 1. The molecular formula is C14H18FNO3. The SMILES string of the molecule is COc1ccc(C(C2CC2C(=O)O)N(C)C)cc1F. The first-order valence-corrected chi connectivity index (χ1v) is 6.18. The van der Waals surface area contributed by atoms with Crippen LogP contribution in [0.3, 0.4) is 0 Å². The molecule has 0 spiro atoms. The van der Waals surface area contributed by atoms with Gasteiger partial charge in [-0.05, 0) is 44.1 Å². The largest absolute Gasteiger partial charge is 0.494 e. The number of ether oxygens (including phenoxy) is 1. The zero-order valence-corrected chi connectivity index (χ0v) is 11.3. The third kappa shape index (κ3) is 2.71.